The van der Waals surface area contributed by atoms with E-state index < -0.39 is 5.82 Å². The Hall–Kier alpha value is -2.77. The number of nitrogens with two attached hydrogens (primary N) is 1. The van der Waals surface area contributed by atoms with Crippen molar-refractivity contribution in [3.63, 3.8) is 0 Å². The molecule has 1 aliphatic heterocycles. The predicted octanol–water partition coefficient (Wildman–Crippen LogP) is 5.84. The number of aromatic nitrogens is 2. The molecule has 5 rings (SSSR count). The molecule has 2 N–H and O–H groups in total. The number of rotatable bonds is 7. The van der Waals surface area contributed by atoms with Gasteiger partial charge in [-0.05, 0) is 87.8 Å². The molecule has 0 radical (unpaired) electrons. The topological polar surface area (TPSA) is 76.6 Å². The highest BCUT2D eigenvalue weighted by Gasteiger charge is 2.44. The number of nitrogen functional groups attached to an aromatic ring is 1. The van der Waals surface area contributed by atoms with Crippen LogP contribution in [0.25, 0.3) is 10.9 Å². The Balaban J connectivity index is 1.18. The molecular weight excluding hydrogens is 465 g/mol. The number of hydrogen-bond donors (Lipinski definition) is 1. The molecule has 1 aromatic heterocycles. The molecule has 0 bridgehead atoms. The minimum atomic E-state index is -0.463. The number of benzene rings is 2. The minimum absolute atomic E-state index is 0.0473. The second kappa shape index (κ2) is 10.1. The lowest BCUT2D eigenvalue weighted by molar-refractivity contribution is -0.0144. The Bertz CT molecular complexity index is 1230. The average Bonchev–Trinajstić information content (AvgIpc) is 2.82. The molecule has 2 aromatic carbocycles. The van der Waals surface area contributed by atoms with Crippen LogP contribution in [-0.4, -0.2) is 47.8 Å². The summed E-state index contributed by atoms with van der Waals surface area (Å²) in [6.07, 6.45) is 10.1. The van der Waals surface area contributed by atoms with Gasteiger partial charge in [0, 0.05) is 24.1 Å². The normalized spacial score (nSPS) is 18.4. The number of likely N-dealkylation sites (tertiary alicyclic amines) is 1. The van der Waals surface area contributed by atoms with Crippen LogP contribution in [0.3, 0.4) is 0 Å². The summed E-state index contributed by atoms with van der Waals surface area (Å²) in [5.74, 6) is 0.962. The summed E-state index contributed by atoms with van der Waals surface area (Å²) in [5.41, 5.74) is 9.67. The third-order valence-corrected chi connectivity index (χ3v) is 7.84. The van der Waals surface area contributed by atoms with Crippen LogP contribution in [-0.2, 0) is 6.42 Å². The van der Waals surface area contributed by atoms with E-state index in [-0.39, 0.29) is 5.02 Å². The molecule has 2 aliphatic rings. The van der Waals surface area contributed by atoms with E-state index >= 15 is 0 Å². The number of hydrogen-bond acceptors (Lipinski definition) is 6. The molecule has 1 spiro atoms. The first-order valence-electron chi connectivity index (χ1n) is 12.2. The van der Waals surface area contributed by atoms with E-state index in [0.717, 1.165) is 28.9 Å². The van der Waals surface area contributed by atoms with Crippen molar-refractivity contribution in [1.29, 1.82) is 0 Å². The predicted molar refractivity (Wildman–Crippen MR) is 139 cm³/mol. The molecule has 0 atom stereocenters. The minimum Gasteiger partial charge on any atom is -0.491 e. The molecule has 1 aliphatic carbocycles. The zero-order chi connectivity index (χ0) is 24.4. The van der Waals surface area contributed by atoms with Gasteiger partial charge >= 0.3 is 0 Å². The Morgan fingerprint density at radius 1 is 1.23 bits per heavy atom. The molecule has 0 amide bonds. The van der Waals surface area contributed by atoms with Gasteiger partial charge in [0.1, 0.15) is 17.9 Å². The average molecular weight is 496 g/mol. The zero-order valence-corrected chi connectivity index (χ0v) is 20.8. The number of piperidine rings is 1. The summed E-state index contributed by atoms with van der Waals surface area (Å²) in [7, 11) is 2.22. The van der Waals surface area contributed by atoms with Gasteiger partial charge in [0.25, 0.3) is 0 Å². The maximum absolute atomic E-state index is 13.3. The van der Waals surface area contributed by atoms with Gasteiger partial charge in [-0.3, -0.25) is 4.99 Å². The smallest absolute Gasteiger partial charge is 0.144 e. The highest BCUT2D eigenvalue weighted by Crippen LogP contribution is 2.53. The number of nitrogens with zero attached hydrogens (tertiary/aromatic N) is 4. The fourth-order valence-electron chi connectivity index (χ4n) is 5.45. The molecule has 1 saturated heterocycles. The standard InChI is InChI=1S/C27H31ClFN5O/c1-34-9-6-27(7-10-34)15-18(16-27)5-11-35-26-14-25-20(13-23(26)30)24(32-17-33-25)4-8-31-19-2-3-22(29)21(28)12-19/h2-3,8,12-14,17-18H,4-7,9-11,15-16,30H2,1H3. The molecule has 8 heteroatoms. The van der Waals surface area contributed by atoms with Gasteiger partial charge in [0.15, 0.2) is 0 Å². The largest absolute Gasteiger partial charge is 0.491 e. The van der Waals surface area contributed by atoms with Crippen molar-refractivity contribution in [3.05, 3.63) is 53.2 Å². The number of fused-ring (bicyclic) bond motifs is 1. The van der Waals surface area contributed by atoms with Crippen LogP contribution >= 0.6 is 11.6 Å². The van der Waals surface area contributed by atoms with Crippen LogP contribution in [0.5, 0.6) is 5.75 Å². The monoisotopic (exact) mass is 495 g/mol. The summed E-state index contributed by atoms with van der Waals surface area (Å²) in [5, 5.41) is 0.912. The molecule has 184 valence electrons. The molecule has 2 heterocycles. The Morgan fingerprint density at radius 3 is 2.80 bits per heavy atom. The quantitative estimate of drug-likeness (QED) is 0.329. The van der Waals surface area contributed by atoms with Gasteiger partial charge in [-0.1, -0.05) is 11.6 Å². The first-order chi connectivity index (χ1) is 16.9. The van der Waals surface area contributed by atoms with E-state index in [2.05, 4.69) is 26.9 Å². The van der Waals surface area contributed by atoms with Crippen LogP contribution < -0.4 is 10.5 Å². The van der Waals surface area contributed by atoms with Crippen molar-refractivity contribution < 1.29 is 9.13 Å². The van der Waals surface area contributed by atoms with Gasteiger partial charge in [-0.25, -0.2) is 14.4 Å². The lowest BCUT2D eigenvalue weighted by atomic mass is 9.57. The van der Waals surface area contributed by atoms with Gasteiger partial charge < -0.3 is 15.4 Å². The first-order valence-corrected chi connectivity index (χ1v) is 12.6. The summed E-state index contributed by atoms with van der Waals surface area (Å²) in [6, 6.07) is 8.14. The Morgan fingerprint density at radius 2 is 2.03 bits per heavy atom. The number of halogens is 2. The Labute approximate surface area is 210 Å². The molecule has 2 fully saturated rings. The van der Waals surface area contributed by atoms with Crippen LogP contribution in [0.1, 0.15) is 37.8 Å². The van der Waals surface area contributed by atoms with Crippen molar-refractivity contribution in [2.24, 2.45) is 16.3 Å². The summed E-state index contributed by atoms with van der Waals surface area (Å²) < 4.78 is 19.4. The molecule has 0 unspecified atom stereocenters. The fraction of sp³-hybridized carbons (Fsp3) is 0.444. The van der Waals surface area contributed by atoms with Gasteiger partial charge in [0.05, 0.1) is 34.2 Å². The van der Waals surface area contributed by atoms with Crippen LogP contribution in [0.15, 0.2) is 41.7 Å². The fourth-order valence-corrected chi connectivity index (χ4v) is 5.63. The SMILES string of the molecule is CN1CCC2(CC1)CC(CCOc1cc3ncnc(CC=Nc4ccc(F)c(Cl)c4)c3cc1N)C2. The lowest BCUT2D eigenvalue weighted by Gasteiger charge is -2.52. The lowest BCUT2D eigenvalue weighted by Crippen LogP contribution is -2.46. The van der Waals surface area contributed by atoms with Crippen molar-refractivity contribution in [3.8, 4) is 5.75 Å². The number of aliphatic imine (C=N–C) groups is 1. The third-order valence-electron chi connectivity index (χ3n) is 7.55. The van der Waals surface area contributed by atoms with Crippen molar-refractivity contribution >= 4 is 40.1 Å². The molecule has 6 nitrogen and oxygen atoms in total. The molecule has 3 aromatic rings. The summed E-state index contributed by atoms with van der Waals surface area (Å²) >= 11 is 5.83. The number of ether oxygens (including phenoxy) is 1. The summed E-state index contributed by atoms with van der Waals surface area (Å²) in [4.78, 5) is 15.6. The van der Waals surface area contributed by atoms with E-state index in [1.807, 2.05) is 12.1 Å². The molecule has 1 saturated carbocycles. The zero-order valence-electron chi connectivity index (χ0n) is 20.0. The first kappa shape index (κ1) is 23.9. The van der Waals surface area contributed by atoms with E-state index in [9.17, 15) is 4.39 Å². The highest BCUT2D eigenvalue weighted by atomic mass is 35.5. The van der Waals surface area contributed by atoms with Gasteiger partial charge in [0.2, 0.25) is 0 Å². The maximum Gasteiger partial charge on any atom is 0.144 e. The van der Waals surface area contributed by atoms with Crippen LogP contribution in [0.2, 0.25) is 5.02 Å². The van der Waals surface area contributed by atoms with E-state index in [1.165, 1.54) is 57.2 Å². The highest BCUT2D eigenvalue weighted by molar-refractivity contribution is 6.31. The third kappa shape index (κ3) is 5.41. The van der Waals surface area contributed by atoms with Crippen molar-refractivity contribution in [2.75, 3.05) is 32.5 Å². The van der Waals surface area contributed by atoms with Gasteiger partial charge in [-0.2, -0.15) is 0 Å². The van der Waals surface area contributed by atoms with E-state index in [0.29, 0.717) is 35.6 Å². The van der Waals surface area contributed by atoms with Crippen molar-refractivity contribution in [1.82, 2.24) is 14.9 Å². The summed E-state index contributed by atoms with van der Waals surface area (Å²) in [6.45, 7) is 3.13. The van der Waals surface area contributed by atoms with Crippen LogP contribution in [0, 0.1) is 17.2 Å². The molecule has 35 heavy (non-hydrogen) atoms. The Kier molecular flexibility index (Phi) is 6.89. The van der Waals surface area contributed by atoms with Crippen LogP contribution in [0.4, 0.5) is 15.8 Å². The van der Waals surface area contributed by atoms with Crippen molar-refractivity contribution in [2.45, 2.75) is 38.5 Å². The second-order valence-corrected chi connectivity index (χ2v) is 10.5. The maximum atomic E-state index is 13.3. The number of anilines is 1. The second-order valence-electron chi connectivity index (χ2n) is 10.1. The van der Waals surface area contributed by atoms with E-state index in [1.54, 1.807) is 12.3 Å². The van der Waals surface area contributed by atoms with Gasteiger partial charge in [-0.15, -0.1) is 0 Å². The molecular formula is C27H31ClFN5O. The van der Waals surface area contributed by atoms with E-state index in [4.69, 9.17) is 22.1 Å².